The van der Waals surface area contributed by atoms with Gasteiger partial charge in [0.05, 0.1) is 12.5 Å². The molecule has 124 valence electrons. The maximum absolute atomic E-state index is 12.4. The van der Waals surface area contributed by atoms with Crippen LogP contribution in [0.25, 0.3) is 0 Å². The summed E-state index contributed by atoms with van der Waals surface area (Å²) in [7, 11) is 0.0244. The molecule has 1 aliphatic rings. The number of carbonyl (C=O) groups is 1. The number of hydrogen-bond acceptors (Lipinski definition) is 5. The quantitative estimate of drug-likeness (QED) is 0.505. The summed E-state index contributed by atoms with van der Waals surface area (Å²) in [4.78, 5) is 11.7. The van der Waals surface area contributed by atoms with Gasteiger partial charge in [-0.3, -0.25) is 4.79 Å². The Morgan fingerprint density at radius 1 is 1.38 bits per heavy atom. The Kier molecular flexibility index (Phi) is 7.58. The fraction of sp³-hybridized carbons (Fsp3) is 0.923. The van der Waals surface area contributed by atoms with E-state index < -0.39 is 10.2 Å². The summed E-state index contributed by atoms with van der Waals surface area (Å²) in [5.74, 6) is -0.386. The summed E-state index contributed by atoms with van der Waals surface area (Å²) in [6, 6.07) is 0. The van der Waals surface area contributed by atoms with E-state index in [1.165, 1.54) is 8.61 Å². The average Bonchev–Trinajstić information content (AvgIpc) is 2.47. The van der Waals surface area contributed by atoms with E-state index in [1.54, 1.807) is 14.0 Å². The van der Waals surface area contributed by atoms with Gasteiger partial charge in [0.1, 0.15) is 0 Å². The lowest BCUT2D eigenvalue weighted by Crippen LogP contribution is -2.47. The first-order chi connectivity index (χ1) is 9.93. The topological polar surface area (TPSA) is 79.0 Å². The summed E-state index contributed by atoms with van der Waals surface area (Å²) >= 11 is 0. The highest BCUT2D eigenvalue weighted by atomic mass is 32.2. The Morgan fingerprint density at radius 2 is 2.00 bits per heavy atom. The number of hydrogen-bond donors (Lipinski definition) is 1. The van der Waals surface area contributed by atoms with Gasteiger partial charge in [-0.05, 0) is 39.8 Å². The third-order valence-electron chi connectivity index (χ3n) is 3.69. The van der Waals surface area contributed by atoms with Crippen LogP contribution in [0.4, 0.5) is 0 Å². The monoisotopic (exact) mass is 321 g/mol. The van der Waals surface area contributed by atoms with Crippen molar-refractivity contribution in [2.24, 2.45) is 5.92 Å². The molecule has 0 spiro atoms. The van der Waals surface area contributed by atoms with Crippen molar-refractivity contribution in [3.63, 3.8) is 0 Å². The predicted octanol–water partition coefficient (Wildman–Crippen LogP) is 0.0476. The number of nitrogens with one attached hydrogen (secondary N) is 1. The Labute approximate surface area is 127 Å². The van der Waals surface area contributed by atoms with Crippen LogP contribution in [0.5, 0.6) is 0 Å². The minimum Gasteiger partial charge on any atom is -0.466 e. The average molecular weight is 321 g/mol. The maximum Gasteiger partial charge on any atom is 0.309 e. The van der Waals surface area contributed by atoms with Crippen LogP contribution in [-0.2, 0) is 19.7 Å². The van der Waals surface area contributed by atoms with Gasteiger partial charge in [-0.25, -0.2) is 0 Å². The SMILES string of the molecule is CCOC(=O)C1CCN(S(=O)(=O)N(C)CCCNC)CC1. The standard InChI is InChI=1S/C13H27N3O4S/c1-4-20-13(17)12-6-10-16(11-7-12)21(18,19)15(3)9-5-8-14-2/h12,14H,4-11H2,1-3H3. The summed E-state index contributed by atoms with van der Waals surface area (Å²) in [5.41, 5.74) is 0. The van der Waals surface area contributed by atoms with Crippen molar-refractivity contribution < 1.29 is 17.9 Å². The fourth-order valence-corrected chi connectivity index (χ4v) is 3.80. The molecular formula is C13H27N3O4S. The van der Waals surface area contributed by atoms with Gasteiger partial charge < -0.3 is 10.1 Å². The van der Waals surface area contributed by atoms with E-state index in [2.05, 4.69) is 5.32 Å². The zero-order valence-corrected chi connectivity index (χ0v) is 14.0. The fourth-order valence-electron chi connectivity index (χ4n) is 2.37. The van der Waals surface area contributed by atoms with E-state index in [0.29, 0.717) is 39.1 Å². The van der Waals surface area contributed by atoms with Crippen LogP contribution in [0.15, 0.2) is 0 Å². The number of esters is 1. The van der Waals surface area contributed by atoms with Crippen molar-refractivity contribution in [3.05, 3.63) is 0 Å². The molecule has 1 fully saturated rings. The third-order valence-corrected chi connectivity index (χ3v) is 5.68. The van der Waals surface area contributed by atoms with E-state index in [0.717, 1.165) is 13.0 Å². The molecule has 0 amide bonds. The molecule has 7 nitrogen and oxygen atoms in total. The Balaban J connectivity index is 2.50. The largest absolute Gasteiger partial charge is 0.466 e. The van der Waals surface area contributed by atoms with E-state index in [1.807, 2.05) is 7.05 Å². The molecule has 0 aromatic rings. The second-order valence-corrected chi connectivity index (χ2v) is 7.25. The van der Waals surface area contributed by atoms with E-state index >= 15 is 0 Å². The second kappa shape index (κ2) is 8.67. The molecule has 0 unspecified atom stereocenters. The van der Waals surface area contributed by atoms with Crippen LogP contribution in [0.3, 0.4) is 0 Å². The lowest BCUT2D eigenvalue weighted by molar-refractivity contribution is -0.149. The molecular weight excluding hydrogens is 294 g/mol. The van der Waals surface area contributed by atoms with Crippen molar-refractivity contribution in [2.45, 2.75) is 26.2 Å². The molecule has 1 N–H and O–H groups in total. The van der Waals surface area contributed by atoms with E-state index in [-0.39, 0.29) is 11.9 Å². The van der Waals surface area contributed by atoms with Crippen LogP contribution in [0.2, 0.25) is 0 Å². The smallest absolute Gasteiger partial charge is 0.309 e. The molecule has 0 bridgehead atoms. The molecule has 8 heteroatoms. The number of piperidine rings is 1. The zero-order chi connectivity index (χ0) is 15.9. The number of ether oxygens (including phenoxy) is 1. The third kappa shape index (κ3) is 5.21. The van der Waals surface area contributed by atoms with E-state index in [4.69, 9.17) is 4.74 Å². The maximum atomic E-state index is 12.4. The molecule has 0 saturated carbocycles. The minimum atomic E-state index is -3.42. The summed E-state index contributed by atoms with van der Waals surface area (Å²) < 4.78 is 32.6. The number of carbonyl (C=O) groups excluding carboxylic acids is 1. The van der Waals surface area contributed by atoms with Gasteiger partial charge in [0.25, 0.3) is 10.2 Å². The van der Waals surface area contributed by atoms with Crippen molar-refractivity contribution in [3.8, 4) is 0 Å². The van der Waals surface area contributed by atoms with Crippen LogP contribution >= 0.6 is 0 Å². The Morgan fingerprint density at radius 3 is 2.52 bits per heavy atom. The first kappa shape index (κ1) is 18.3. The summed E-state index contributed by atoms with van der Waals surface area (Å²) in [6.07, 6.45) is 1.83. The van der Waals surface area contributed by atoms with Crippen LogP contribution in [0, 0.1) is 5.92 Å². The summed E-state index contributed by atoms with van der Waals surface area (Å²) in [5, 5.41) is 3.00. The zero-order valence-electron chi connectivity index (χ0n) is 13.2. The highest BCUT2D eigenvalue weighted by Crippen LogP contribution is 2.22. The van der Waals surface area contributed by atoms with Crippen LogP contribution in [0.1, 0.15) is 26.2 Å². The van der Waals surface area contributed by atoms with Crippen LogP contribution < -0.4 is 5.32 Å². The highest BCUT2D eigenvalue weighted by Gasteiger charge is 2.33. The Hall–Kier alpha value is -0.700. The van der Waals surface area contributed by atoms with Gasteiger partial charge in [0.15, 0.2) is 0 Å². The van der Waals surface area contributed by atoms with Gasteiger partial charge in [-0.15, -0.1) is 0 Å². The molecule has 1 aliphatic heterocycles. The van der Waals surface area contributed by atoms with Crippen molar-refractivity contribution in [1.82, 2.24) is 13.9 Å². The predicted molar refractivity (Wildman–Crippen MR) is 81.0 cm³/mol. The molecule has 0 radical (unpaired) electrons. The van der Waals surface area contributed by atoms with Gasteiger partial charge >= 0.3 is 5.97 Å². The lowest BCUT2D eigenvalue weighted by atomic mass is 9.98. The molecule has 0 aromatic heterocycles. The minimum absolute atomic E-state index is 0.175. The normalized spacial score (nSPS) is 18.1. The molecule has 1 saturated heterocycles. The Bertz CT molecular complexity index is 419. The summed E-state index contributed by atoms with van der Waals surface area (Å²) in [6.45, 7) is 4.17. The molecule has 21 heavy (non-hydrogen) atoms. The van der Waals surface area contributed by atoms with Crippen molar-refractivity contribution in [1.29, 1.82) is 0 Å². The number of rotatable bonds is 8. The second-order valence-electron chi connectivity index (χ2n) is 5.21. The number of nitrogens with zero attached hydrogens (tertiary/aromatic N) is 2. The van der Waals surface area contributed by atoms with Crippen LogP contribution in [-0.4, -0.2) is 69.9 Å². The van der Waals surface area contributed by atoms with Gasteiger partial charge in [0.2, 0.25) is 0 Å². The lowest BCUT2D eigenvalue weighted by Gasteiger charge is -2.32. The first-order valence-electron chi connectivity index (χ1n) is 7.46. The highest BCUT2D eigenvalue weighted by molar-refractivity contribution is 7.86. The van der Waals surface area contributed by atoms with E-state index in [9.17, 15) is 13.2 Å². The van der Waals surface area contributed by atoms with Crippen molar-refractivity contribution >= 4 is 16.2 Å². The molecule has 1 heterocycles. The van der Waals surface area contributed by atoms with Crippen molar-refractivity contribution in [2.75, 3.05) is 46.9 Å². The first-order valence-corrected chi connectivity index (χ1v) is 8.85. The van der Waals surface area contributed by atoms with Gasteiger partial charge in [-0.2, -0.15) is 17.0 Å². The molecule has 0 aromatic carbocycles. The molecule has 0 atom stereocenters. The molecule has 1 rings (SSSR count). The van der Waals surface area contributed by atoms with Gasteiger partial charge in [0, 0.05) is 26.7 Å². The van der Waals surface area contributed by atoms with Gasteiger partial charge in [-0.1, -0.05) is 0 Å². The molecule has 0 aliphatic carbocycles.